The summed E-state index contributed by atoms with van der Waals surface area (Å²) >= 11 is 0. The van der Waals surface area contributed by atoms with Crippen LogP contribution in [0.3, 0.4) is 0 Å². The molecule has 2 bridgehead atoms. The second kappa shape index (κ2) is 6.08. The van der Waals surface area contributed by atoms with Crippen molar-refractivity contribution in [1.82, 2.24) is 0 Å². The highest BCUT2D eigenvalue weighted by Crippen LogP contribution is 2.53. The quantitative estimate of drug-likeness (QED) is 0.535. The molecule has 0 radical (unpaired) electrons. The highest BCUT2D eigenvalue weighted by atomic mass is 16.1. The number of hydrogen-bond acceptors (Lipinski definition) is 4. The fourth-order valence-corrected chi connectivity index (χ4v) is 4.10. The van der Waals surface area contributed by atoms with Crippen LogP contribution >= 0.6 is 0 Å². The van der Waals surface area contributed by atoms with Gasteiger partial charge in [-0.2, -0.15) is 0 Å². The van der Waals surface area contributed by atoms with Gasteiger partial charge in [0.1, 0.15) is 0 Å². The zero-order valence-corrected chi connectivity index (χ0v) is 10.8. The Morgan fingerprint density at radius 2 is 2.06 bits per heavy atom. The maximum absolute atomic E-state index is 10.5. The summed E-state index contributed by atoms with van der Waals surface area (Å²) in [5.41, 5.74) is 0. The SMILES string of the molecule is CCCC(N=C=O)C1CC2CC(CN=C=O)C1C2. The molecule has 2 fully saturated rings. The predicted octanol–water partition coefficient (Wildman–Crippen LogP) is 2.49. The van der Waals surface area contributed by atoms with E-state index in [2.05, 4.69) is 16.9 Å². The highest BCUT2D eigenvalue weighted by Gasteiger charge is 2.48. The van der Waals surface area contributed by atoms with Crippen LogP contribution in [-0.4, -0.2) is 24.7 Å². The number of isocyanates is 2. The van der Waals surface area contributed by atoms with E-state index in [9.17, 15) is 9.59 Å². The number of aliphatic imine (C=N–C) groups is 2. The lowest BCUT2D eigenvalue weighted by Gasteiger charge is -2.31. The molecule has 0 spiro atoms. The molecule has 0 aromatic carbocycles. The topological polar surface area (TPSA) is 58.9 Å². The van der Waals surface area contributed by atoms with Crippen molar-refractivity contribution in [2.45, 2.75) is 45.1 Å². The van der Waals surface area contributed by atoms with Gasteiger partial charge in [-0.25, -0.2) is 19.6 Å². The van der Waals surface area contributed by atoms with Crippen molar-refractivity contribution in [3.63, 3.8) is 0 Å². The fraction of sp³-hybridized carbons (Fsp3) is 0.857. The van der Waals surface area contributed by atoms with Crippen LogP contribution in [-0.2, 0) is 9.59 Å². The molecule has 0 aromatic rings. The summed E-state index contributed by atoms with van der Waals surface area (Å²) in [6, 6.07) is 0.130. The first-order chi connectivity index (χ1) is 8.80. The van der Waals surface area contributed by atoms with Gasteiger partial charge >= 0.3 is 0 Å². The van der Waals surface area contributed by atoms with Gasteiger partial charge in [-0.1, -0.05) is 13.3 Å². The average Bonchev–Trinajstić information content (AvgIpc) is 2.95. The van der Waals surface area contributed by atoms with Gasteiger partial charge in [-0.05, 0) is 49.4 Å². The molecule has 4 nitrogen and oxygen atoms in total. The van der Waals surface area contributed by atoms with Gasteiger partial charge in [-0.15, -0.1) is 0 Å². The lowest BCUT2D eigenvalue weighted by Crippen LogP contribution is -2.30. The average molecular weight is 248 g/mol. The van der Waals surface area contributed by atoms with Crippen LogP contribution in [0.4, 0.5) is 0 Å². The summed E-state index contributed by atoms with van der Waals surface area (Å²) in [4.78, 5) is 28.5. The maximum atomic E-state index is 10.5. The van der Waals surface area contributed by atoms with Gasteiger partial charge in [0.15, 0.2) is 0 Å². The van der Waals surface area contributed by atoms with Crippen LogP contribution in [0.15, 0.2) is 9.98 Å². The normalized spacial score (nSPS) is 34.7. The minimum atomic E-state index is 0.130. The van der Waals surface area contributed by atoms with E-state index in [1.54, 1.807) is 12.2 Å². The Morgan fingerprint density at radius 3 is 2.67 bits per heavy atom. The number of rotatable bonds is 6. The first-order valence-corrected chi connectivity index (χ1v) is 6.90. The summed E-state index contributed by atoms with van der Waals surface area (Å²) in [6.07, 6.45) is 8.96. The number of fused-ring (bicyclic) bond motifs is 2. The third-order valence-corrected chi connectivity index (χ3v) is 4.69. The number of nitrogens with zero attached hydrogens (tertiary/aromatic N) is 2. The Hall–Kier alpha value is -1.24. The van der Waals surface area contributed by atoms with E-state index in [-0.39, 0.29) is 6.04 Å². The van der Waals surface area contributed by atoms with Crippen molar-refractivity contribution in [3.8, 4) is 0 Å². The summed E-state index contributed by atoms with van der Waals surface area (Å²) in [5, 5.41) is 0. The van der Waals surface area contributed by atoms with Crippen molar-refractivity contribution in [1.29, 1.82) is 0 Å². The smallest absolute Gasteiger partial charge is 0.211 e. The summed E-state index contributed by atoms with van der Waals surface area (Å²) in [7, 11) is 0. The Bertz CT molecular complexity index is 383. The van der Waals surface area contributed by atoms with E-state index in [1.165, 1.54) is 19.3 Å². The molecular weight excluding hydrogens is 228 g/mol. The van der Waals surface area contributed by atoms with Crippen molar-refractivity contribution < 1.29 is 9.59 Å². The Morgan fingerprint density at radius 1 is 1.22 bits per heavy atom. The zero-order chi connectivity index (χ0) is 13.0. The van der Waals surface area contributed by atoms with Crippen LogP contribution in [0, 0.1) is 23.7 Å². The minimum absolute atomic E-state index is 0.130. The molecule has 5 unspecified atom stereocenters. The monoisotopic (exact) mass is 248 g/mol. The Labute approximate surface area is 108 Å². The second-order valence-electron chi connectivity index (χ2n) is 5.67. The first-order valence-electron chi connectivity index (χ1n) is 6.90. The molecule has 0 aromatic heterocycles. The Kier molecular flexibility index (Phi) is 4.46. The fourth-order valence-electron chi connectivity index (χ4n) is 4.10. The molecular formula is C14H20N2O2. The molecule has 98 valence electrons. The summed E-state index contributed by atoms with van der Waals surface area (Å²) in [6.45, 7) is 2.72. The van der Waals surface area contributed by atoms with Gasteiger partial charge < -0.3 is 0 Å². The molecule has 18 heavy (non-hydrogen) atoms. The van der Waals surface area contributed by atoms with Crippen LogP contribution in [0.25, 0.3) is 0 Å². The molecule has 2 saturated carbocycles. The van der Waals surface area contributed by atoms with Gasteiger partial charge in [0, 0.05) is 0 Å². The number of carbonyl (C=O) groups excluding carboxylic acids is 2. The van der Waals surface area contributed by atoms with Crippen LogP contribution in [0.5, 0.6) is 0 Å². The summed E-state index contributed by atoms with van der Waals surface area (Å²) < 4.78 is 0. The lowest BCUT2D eigenvalue weighted by molar-refractivity contribution is 0.206. The van der Waals surface area contributed by atoms with Crippen LogP contribution < -0.4 is 0 Å². The maximum Gasteiger partial charge on any atom is 0.235 e. The largest absolute Gasteiger partial charge is 0.235 e. The Balaban J connectivity index is 2.05. The highest BCUT2D eigenvalue weighted by molar-refractivity contribution is 5.34. The van der Waals surface area contributed by atoms with E-state index in [4.69, 9.17) is 0 Å². The standard InChI is InChI=1S/C14H20N2O2/c1-2-3-14(16-9-18)13-6-10-4-11(7-15-8-17)12(13)5-10/h10-14H,2-7H2,1H3. The second-order valence-corrected chi connectivity index (χ2v) is 5.67. The molecule has 0 heterocycles. The van der Waals surface area contributed by atoms with Gasteiger partial charge in [0.25, 0.3) is 0 Å². The van der Waals surface area contributed by atoms with E-state index < -0.39 is 0 Å². The zero-order valence-electron chi connectivity index (χ0n) is 10.8. The third-order valence-electron chi connectivity index (χ3n) is 4.69. The van der Waals surface area contributed by atoms with Crippen molar-refractivity contribution in [3.05, 3.63) is 0 Å². The van der Waals surface area contributed by atoms with Crippen molar-refractivity contribution in [2.24, 2.45) is 33.7 Å². The van der Waals surface area contributed by atoms with Crippen LogP contribution in [0.2, 0.25) is 0 Å². The van der Waals surface area contributed by atoms with E-state index in [1.807, 2.05) is 0 Å². The van der Waals surface area contributed by atoms with Gasteiger partial charge in [0.2, 0.25) is 12.2 Å². The molecule has 0 aliphatic heterocycles. The predicted molar refractivity (Wildman–Crippen MR) is 67.6 cm³/mol. The van der Waals surface area contributed by atoms with Crippen molar-refractivity contribution in [2.75, 3.05) is 6.54 Å². The van der Waals surface area contributed by atoms with E-state index in [0.717, 1.165) is 18.8 Å². The molecule has 5 atom stereocenters. The molecule has 2 aliphatic carbocycles. The van der Waals surface area contributed by atoms with E-state index in [0.29, 0.717) is 24.3 Å². The molecule has 0 amide bonds. The molecule has 0 saturated heterocycles. The van der Waals surface area contributed by atoms with Gasteiger partial charge in [-0.3, -0.25) is 0 Å². The third kappa shape index (κ3) is 2.60. The first kappa shape index (κ1) is 13.2. The van der Waals surface area contributed by atoms with Gasteiger partial charge in [0.05, 0.1) is 12.6 Å². The molecule has 2 rings (SSSR count). The van der Waals surface area contributed by atoms with E-state index >= 15 is 0 Å². The molecule has 2 aliphatic rings. The number of hydrogen-bond donors (Lipinski definition) is 0. The lowest BCUT2D eigenvalue weighted by atomic mass is 9.76. The summed E-state index contributed by atoms with van der Waals surface area (Å²) in [5.74, 6) is 2.32. The minimum Gasteiger partial charge on any atom is -0.211 e. The van der Waals surface area contributed by atoms with Crippen molar-refractivity contribution >= 4 is 12.2 Å². The molecule has 4 heteroatoms. The van der Waals surface area contributed by atoms with Crippen LogP contribution in [0.1, 0.15) is 39.0 Å². The molecule has 0 N–H and O–H groups in total.